The van der Waals surface area contributed by atoms with E-state index in [0.29, 0.717) is 0 Å². The van der Waals surface area contributed by atoms with Gasteiger partial charge in [0.15, 0.2) is 19.7 Å². The molecule has 0 radical (unpaired) electrons. The highest BCUT2D eigenvalue weighted by molar-refractivity contribution is 7.91. The highest BCUT2D eigenvalue weighted by Crippen LogP contribution is 2.19. The van der Waals surface area contributed by atoms with Crippen molar-refractivity contribution in [2.45, 2.75) is 9.79 Å². The molecule has 0 unspecified atom stereocenters. The van der Waals surface area contributed by atoms with Crippen LogP contribution in [0.5, 0.6) is 0 Å². The van der Waals surface area contributed by atoms with Crippen molar-refractivity contribution in [2.24, 2.45) is 0 Å². The van der Waals surface area contributed by atoms with Crippen LogP contribution in [0.4, 0.5) is 4.39 Å². The number of benzene rings is 1. The number of halogens is 1. The maximum Gasteiger partial charge on any atom is 0.178 e. The van der Waals surface area contributed by atoms with Crippen LogP contribution in [-0.2, 0) is 19.7 Å². The van der Waals surface area contributed by atoms with Gasteiger partial charge >= 0.3 is 0 Å². The topological polar surface area (TPSA) is 68.3 Å². The fourth-order valence-corrected chi connectivity index (χ4v) is 2.48. The Morgan fingerprint density at radius 1 is 1.00 bits per heavy atom. The van der Waals surface area contributed by atoms with Crippen LogP contribution < -0.4 is 0 Å². The molecule has 0 saturated carbocycles. The fraction of sp³-hybridized carbons (Fsp3) is 0.250. The molecule has 0 atom stereocenters. The minimum atomic E-state index is -3.76. The fourth-order valence-electron chi connectivity index (χ4n) is 0.998. The van der Waals surface area contributed by atoms with Gasteiger partial charge in [0.05, 0.1) is 4.90 Å². The van der Waals surface area contributed by atoms with Gasteiger partial charge in [-0.15, -0.1) is 0 Å². The van der Waals surface area contributed by atoms with E-state index in [-0.39, 0.29) is 4.90 Å². The molecule has 0 amide bonds. The summed E-state index contributed by atoms with van der Waals surface area (Å²) in [4.78, 5) is -0.824. The SMILES string of the molecule is CS(=O)(=O)c1ccc(F)c(S(C)(=O)=O)c1. The van der Waals surface area contributed by atoms with E-state index in [2.05, 4.69) is 0 Å². The van der Waals surface area contributed by atoms with Gasteiger partial charge in [-0.25, -0.2) is 21.2 Å². The molecule has 0 saturated heterocycles. The summed E-state index contributed by atoms with van der Waals surface area (Å²) in [6.45, 7) is 0. The van der Waals surface area contributed by atoms with Crippen molar-refractivity contribution in [1.82, 2.24) is 0 Å². The summed E-state index contributed by atoms with van der Waals surface area (Å²) in [5.74, 6) is -0.954. The third-order valence-corrected chi connectivity index (χ3v) is 3.95. The van der Waals surface area contributed by atoms with Gasteiger partial charge in [0.25, 0.3) is 0 Å². The molecular formula is C8H9FO4S2. The van der Waals surface area contributed by atoms with Crippen LogP contribution in [0, 0.1) is 5.82 Å². The highest BCUT2D eigenvalue weighted by atomic mass is 32.2. The van der Waals surface area contributed by atoms with Gasteiger partial charge in [0, 0.05) is 12.5 Å². The molecule has 0 fully saturated rings. The summed E-state index contributed by atoms with van der Waals surface area (Å²) in [6.07, 6.45) is 1.74. The molecule has 0 aliphatic rings. The summed E-state index contributed by atoms with van der Waals surface area (Å²) in [6, 6.07) is 2.67. The van der Waals surface area contributed by atoms with E-state index in [4.69, 9.17) is 0 Å². The van der Waals surface area contributed by atoms with E-state index in [0.717, 1.165) is 30.7 Å². The van der Waals surface area contributed by atoms with Gasteiger partial charge < -0.3 is 0 Å². The van der Waals surface area contributed by atoms with Crippen molar-refractivity contribution < 1.29 is 21.2 Å². The summed E-state index contributed by atoms with van der Waals surface area (Å²) in [5, 5.41) is 0. The highest BCUT2D eigenvalue weighted by Gasteiger charge is 2.17. The average Bonchev–Trinajstić information content (AvgIpc) is 2.00. The third kappa shape index (κ3) is 2.75. The van der Waals surface area contributed by atoms with Crippen LogP contribution in [0.1, 0.15) is 0 Å². The standard InChI is InChI=1S/C8H9FO4S2/c1-14(10,11)6-3-4-7(9)8(5-6)15(2,12)13/h3-5H,1-2H3. The quantitative estimate of drug-likeness (QED) is 0.724. The Morgan fingerprint density at radius 2 is 1.53 bits per heavy atom. The minimum Gasteiger partial charge on any atom is -0.224 e. The first kappa shape index (κ1) is 12.1. The molecule has 4 nitrogen and oxygen atoms in total. The number of rotatable bonds is 2. The Hall–Kier alpha value is -0.950. The molecule has 84 valence electrons. The molecule has 0 spiro atoms. The first-order valence-corrected chi connectivity index (χ1v) is 7.60. The molecule has 15 heavy (non-hydrogen) atoms. The number of sulfone groups is 2. The zero-order valence-electron chi connectivity index (χ0n) is 8.06. The van der Waals surface area contributed by atoms with E-state index < -0.39 is 30.4 Å². The third-order valence-electron chi connectivity index (χ3n) is 1.73. The van der Waals surface area contributed by atoms with Crippen molar-refractivity contribution in [1.29, 1.82) is 0 Å². The molecule has 1 aromatic carbocycles. The smallest absolute Gasteiger partial charge is 0.178 e. The van der Waals surface area contributed by atoms with Crippen LogP contribution in [0.25, 0.3) is 0 Å². The van der Waals surface area contributed by atoms with E-state index in [1.54, 1.807) is 0 Å². The van der Waals surface area contributed by atoms with Gasteiger partial charge in [-0.05, 0) is 18.2 Å². The Morgan fingerprint density at radius 3 is 1.93 bits per heavy atom. The lowest BCUT2D eigenvalue weighted by Gasteiger charge is -2.03. The zero-order valence-corrected chi connectivity index (χ0v) is 9.69. The lowest BCUT2D eigenvalue weighted by molar-refractivity contribution is 0.568. The van der Waals surface area contributed by atoms with Crippen molar-refractivity contribution >= 4 is 19.7 Å². The maximum absolute atomic E-state index is 13.1. The molecule has 0 heterocycles. The molecule has 7 heteroatoms. The maximum atomic E-state index is 13.1. The Labute approximate surface area is 87.6 Å². The molecule has 0 aromatic heterocycles. The predicted molar refractivity (Wildman–Crippen MR) is 52.6 cm³/mol. The van der Waals surface area contributed by atoms with Crippen molar-refractivity contribution in [3.05, 3.63) is 24.0 Å². The lowest BCUT2D eigenvalue weighted by Crippen LogP contribution is -2.04. The monoisotopic (exact) mass is 252 g/mol. The summed E-state index contributed by atoms with van der Waals surface area (Å²) in [5.41, 5.74) is 0. The van der Waals surface area contributed by atoms with E-state index in [9.17, 15) is 21.2 Å². The van der Waals surface area contributed by atoms with E-state index >= 15 is 0 Å². The largest absolute Gasteiger partial charge is 0.224 e. The van der Waals surface area contributed by atoms with E-state index in [1.807, 2.05) is 0 Å². The Balaban J connectivity index is 3.57. The first-order valence-electron chi connectivity index (χ1n) is 3.82. The normalized spacial score (nSPS) is 12.7. The van der Waals surface area contributed by atoms with E-state index in [1.165, 1.54) is 0 Å². The molecule has 0 aliphatic heterocycles. The lowest BCUT2D eigenvalue weighted by atomic mass is 10.3. The van der Waals surface area contributed by atoms with Crippen LogP contribution in [-0.4, -0.2) is 29.3 Å². The van der Waals surface area contributed by atoms with Gasteiger partial charge in [0.2, 0.25) is 0 Å². The minimum absolute atomic E-state index is 0.218. The molecule has 1 rings (SSSR count). The molecule has 1 aromatic rings. The molecule has 0 aliphatic carbocycles. The zero-order chi connectivity index (χ0) is 11.9. The molecular weight excluding hydrogens is 243 g/mol. The average molecular weight is 252 g/mol. The summed E-state index contributed by atoms with van der Waals surface area (Å²) >= 11 is 0. The summed E-state index contributed by atoms with van der Waals surface area (Å²) < 4.78 is 57.5. The Kier molecular flexibility index (Phi) is 2.88. The second-order valence-corrected chi connectivity index (χ2v) is 7.14. The van der Waals surface area contributed by atoms with Crippen LogP contribution in [0.2, 0.25) is 0 Å². The van der Waals surface area contributed by atoms with Crippen LogP contribution in [0.15, 0.2) is 28.0 Å². The van der Waals surface area contributed by atoms with Gasteiger partial charge in [-0.3, -0.25) is 0 Å². The molecule has 0 N–H and O–H groups in total. The van der Waals surface area contributed by atoms with Crippen molar-refractivity contribution in [2.75, 3.05) is 12.5 Å². The number of hydrogen-bond acceptors (Lipinski definition) is 4. The predicted octanol–water partition coefficient (Wildman–Crippen LogP) is 0.633. The van der Waals surface area contributed by atoms with Gasteiger partial charge in [-0.2, -0.15) is 0 Å². The van der Waals surface area contributed by atoms with Crippen molar-refractivity contribution in [3.8, 4) is 0 Å². The van der Waals surface area contributed by atoms with Crippen molar-refractivity contribution in [3.63, 3.8) is 0 Å². The van der Waals surface area contributed by atoms with Gasteiger partial charge in [0.1, 0.15) is 10.7 Å². The number of hydrogen-bond donors (Lipinski definition) is 0. The molecule has 0 bridgehead atoms. The Bertz CT molecular complexity index is 587. The summed E-state index contributed by atoms with van der Waals surface area (Å²) in [7, 11) is -7.29. The first-order chi connectivity index (χ1) is 6.62. The second kappa shape index (κ2) is 3.57. The van der Waals surface area contributed by atoms with Gasteiger partial charge in [-0.1, -0.05) is 0 Å². The van der Waals surface area contributed by atoms with Crippen LogP contribution in [0.3, 0.4) is 0 Å². The second-order valence-electron chi connectivity index (χ2n) is 3.14. The van der Waals surface area contributed by atoms with Crippen LogP contribution >= 0.6 is 0 Å².